The SMILES string of the molecule is COC(=O)NCC1CCN(Cc2cc(Oc3cnc(N4CCN(C[C@@H](C)O)CC4)nc3)nc(-c3cc(Cl)cc(Cl)c3)c2)CC1. The highest BCUT2D eigenvalue weighted by Gasteiger charge is 2.22. The Balaban J connectivity index is 1.27. The molecule has 1 amide bonds. The van der Waals surface area contributed by atoms with Crippen LogP contribution in [0.1, 0.15) is 25.3 Å². The maximum Gasteiger partial charge on any atom is 0.406 e. The number of aliphatic hydroxyl groups is 1. The molecule has 1 atom stereocenters. The number of nitrogens with zero attached hydrogens (tertiary/aromatic N) is 6. The highest BCUT2D eigenvalue weighted by molar-refractivity contribution is 6.35. The van der Waals surface area contributed by atoms with Gasteiger partial charge in [0.25, 0.3) is 0 Å². The topological polar surface area (TPSA) is 116 Å². The zero-order chi connectivity index (χ0) is 31.1. The largest absolute Gasteiger partial charge is 0.453 e. The minimum absolute atomic E-state index is 0.341. The van der Waals surface area contributed by atoms with Gasteiger partial charge in [-0.3, -0.25) is 9.80 Å². The van der Waals surface area contributed by atoms with Gasteiger partial charge in [-0.2, -0.15) is 0 Å². The molecule has 0 bridgehead atoms. The number of hydrogen-bond donors (Lipinski definition) is 2. The predicted molar refractivity (Wildman–Crippen MR) is 171 cm³/mol. The van der Waals surface area contributed by atoms with Crippen molar-refractivity contribution in [3.63, 3.8) is 0 Å². The van der Waals surface area contributed by atoms with E-state index in [-0.39, 0.29) is 6.10 Å². The average Bonchev–Trinajstić information content (AvgIpc) is 3.00. The van der Waals surface area contributed by atoms with Crippen molar-refractivity contribution in [1.29, 1.82) is 0 Å². The van der Waals surface area contributed by atoms with Crippen molar-refractivity contribution in [2.45, 2.75) is 32.4 Å². The summed E-state index contributed by atoms with van der Waals surface area (Å²) in [5, 5.41) is 13.5. The number of carbonyl (C=O) groups is 1. The monoisotopic (exact) mass is 643 g/mol. The Labute approximate surface area is 268 Å². The molecular formula is C31H39Cl2N7O4. The number of piperazine rings is 1. The average molecular weight is 645 g/mol. The molecule has 236 valence electrons. The van der Waals surface area contributed by atoms with Crippen molar-refractivity contribution in [2.24, 2.45) is 5.92 Å². The highest BCUT2D eigenvalue weighted by atomic mass is 35.5. The molecule has 0 aliphatic carbocycles. The van der Waals surface area contributed by atoms with Crippen LogP contribution in [0.5, 0.6) is 11.6 Å². The van der Waals surface area contributed by atoms with Gasteiger partial charge in [-0.05, 0) is 68.6 Å². The Morgan fingerprint density at radius 3 is 2.32 bits per heavy atom. The number of amides is 1. The lowest BCUT2D eigenvalue weighted by Gasteiger charge is -2.35. The third-order valence-corrected chi connectivity index (χ3v) is 8.30. The molecule has 13 heteroatoms. The van der Waals surface area contributed by atoms with Crippen LogP contribution in [0, 0.1) is 5.92 Å². The van der Waals surface area contributed by atoms with Crippen molar-refractivity contribution in [1.82, 2.24) is 30.1 Å². The molecular weight excluding hydrogens is 605 g/mol. The first-order chi connectivity index (χ1) is 21.2. The molecule has 3 aromatic rings. The van der Waals surface area contributed by atoms with Crippen LogP contribution in [0.15, 0.2) is 42.7 Å². The van der Waals surface area contributed by atoms with E-state index in [1.807, 2.05) is 31.2 Å². The van der Waals surface area contributed by atoms with Crippen LogP contribution < -0.4 is 15.0 Å². The Kier molecular flexibility index (Phi) is 11.1. The summed E-state index contributed by atoms with van der Waals surface area (Å²) in [6, 6.07) is 9.34. The van der Waals surface area contributed by atoms with Crippen LogP contribution in [0.3, 0.4) is 0 Å². The molecule has 5 rings (SSSR count). The highest BCUT2D eigenvalue weighted by Crippen LogP contribution is 2.31. The van der Waals surface area contributed by atoms with Gasteiger partial charge < -0.3 is 24.8 Å². The number of benzene rings is 1. The maximum absolute atomic E-state index is 11.4. The van der Waals surface area contributed by atoms with Gasteiger partial charge in [0.2, 0.25) is 11.8 Å². The maximum atomic E-state index is 11.4. The quantitative estimate of drug-likeness (QED) is 0.322. The fraction of sp³-hybridized carbons (Fsp3) is 0.484. The molecule has 1 aromatic carbocycles. The molecule has 0 unspecified atom stereocenters. The van der Waals surface area contributed by atoms with E-state index in [1.54, 1.807) is 18.5 Å². The van der Waals surface area contributed by atoms with E-state index in [0.717, 1.165) is 63.2 Å². The molecule has 11 nitrogen and oxygen atoms in total. The van der Waals surface area contributed by atoms with E-state index in [2.05, 4.69) is 30.0 Å². The summed E-state index contributed by atoms with van der Waals surface area (Å²) in [5.41, 5.74) is 2.54. The number of ether oxygens (including phenoxy) is 2. The fourth-order valence-corrected chi connectivity index (χ4v) is 6.14. The van der Waals surface area contributed by atoms with Crippen molar-refractivity contribution in [2.75, 3.05) is 64.4 Å². The Bertz CT molecular complexity index is 1380. The number of anilines is 1. The van der Waals surface area contributed by atoms with Crippen molar-refractivity contribution >= 4 is 35.2 Å². The van der Waals surface area contributed by atoms with Crippen LogP contribution >= 0.6 is 23.2 Å². The van der Waals surface area contributed by atoms with Gasteiger partial charge in [-0.1, -0.05) is 23.2 Å². The zero-order valence-electron chi connectivity index (χ0n) is 25.1. The number of carbonyl (C=O) groups excluding carboxylic acids is 1. The first-order valence-corrected chi connectivity index (χ1v) is 15.7. The molecule has 2 N–H and O–H groups in total. The molecule has 0 saturated carbocycles. The van der Waals surface area contributed by atoms with Crippen LogP contribution in [0.2, 0.25) is 10.0 Å². The summed E-state index contributed by atoms with van der Waals surface area (Å²) < 4.78 is 10.9. The summed E-state index contributed by atoms with van der Waals surface area (Å²) in [7, 11) is 1.38. The van der Waals surface area contributed by atoms with Crippen molar-refractivity contribution < 1.29 is 19.4 Å². The fourth-order valence-electron chi connectivity index (χ4n) is 5.61. The molecule has 4 heterocycles. The number of likely N-dealkylation sites (tertiary alicyclic amines) is 1. The van der Waals surface area contributed by atoms with Gasteiger partial charge in [0.05, 0.1) is 31.3 Å². The number of aromatic nitrogens is 3. The van der Waals surface area contributed by atoms with Gasteiger partial charge in [0.1, 0.15) is 0 Å². The molecule has 2 saturated heterocycles. The minimum Gasteiger partial charge on any atom is -0.453 e. The van der Waals surface area contributed by atoms with Crippen molar-refractivity contribution in [3.8, 4) is 22.9 Å². The Morgan fingerprint density at radius 1 is 1.00 bits per heavy atom. The van der Waals surface area contributed by atoms with E-state index in [0.29, 0.717) is 58.9 Å². The molecule has 44 heavy (non-hydrogen) atoms. The third kappa shape index (κ3) is 9.15. The molecule has 2 aromatic heterocycles. The van der Waals surface area contributed by atoms with Gasteiger partial charge in [0.15, 0.2) is 5.75 Å². The number of hydrogen-bond acceptors (Lipinski definition) is 10. The minimum atomic E-state index is -0.391. The lowest BCUT2D eigenvalue weighted by molar-refractivity contribution is 0.122. The summed E-state index contributed by atoms with van der Waals surface area (Å²) >= 11 is 12.6. The number of nitrogens with one attached hydrogen (secondary N) is 1. The molecule has 2 fully saturated rings. The Hall–Kier alpha value is -3.22. The van der Waals surface area contributed by atoms with E-state index in [9.17, 15) is 9.90 Å². The second kappa shape index (κ2) is 15.2. The normalized spacial score (nSPS) is 17.3. The molecule has 2 aliphatic heterocycles. The first kappa shape index (κ1) is 32.2. The van der Waals surface area contributed by atoms with Crippen LogP contribution in [0.4, 0.5) is 10.7 Å². The zero-order valence-corrected chi connectivity index (χ0v) is 26.6. The standard InChI is InChI=1S/C31H39Cl2N7O4/c1-21(41)19-39-7-9-40(10-8-39)30-34-17-27(18-35-30)44-29-12-23(11-28(37-29)24-13-25(32)15-26(33)14-24)20-38-5-3-22(4-6-38)16-36-31(42)43-2/h11-15,17-18,21-22,41H,3-10,16,19-20H2,1-2H3,(H,36,42)/t21-/m1/s1. The third-order valence-electron chi connectivity index (χ3n) is 7.87. The Morgan fingerprint density at radius 2 is 1.68 bits per heavy atom. The van der Waals surface area contributed by atoms with Crippen LogP contribution in [-0.2, 0) is 11.3 Å². The number of methoxy groups -OCH3 is 1. The van der Waals surface area contributed by atoms with Gasteiger partial charge in [0, 0.05) is 67.5 Å². The van der Waals surface area contributed by atoms with E-state index < -0.39 is 6.09 Å². The van der Waals surface area contributed by atoms with Crippen molar-refractivity contribution in [3.05, 3.63) is 58.3 Å². The summed E-state index contributed by atoms with van der Waals surface area (Å²) in [6.07, 6.45) is 4.57. The molecule has 0 radical (unpaired) electrons. The van der Waals surface area contributed by atoms with Gasteiger partial charge >= 0.3 is 6.09 Å². The van der Waals surface area contributed by atoms with Gasteiger partial charge in [-0.15, -0.1) is 0 Å². The number of β-amino-alcohol motifs (C(OH)–C–C–N with tert-alkyl or cyclic N) is 1. The second-order valence-electron chi connectivity index (χ2n) is 11.4. The summed E-state index contributed by atoms with van der Waals surface area (Å²) in [4.78, 5) is 32.1. The number of piperidine rings is 1. The molecule has 0 spiro atoms. The van der Waals surface area contributed by atoms with Crippen LogP contribution in [-0.4, -0.2) is 102 Å². The lowest BCUT2D eigenvalue weighted by Crippen LogP contribution is -2.48. The van der Waals surface area contributed by atoms with E-state index in [1.165, 1.54) is 7.11 Å². The number of halogens is 2. The number of rotatable bonds is 10. The van der Waals surface area contributed by atoms with E-state index >= 15 is 0 Å². The van der Waals surface area contributed by atoms with E-state index in [4.69, 9.17) is 37.7 Å². The predicted octanol–water partition coefficient (Wildman–Crippen LogP) is 4.71. The number of aliphatic hydroxyl groups excluding tert-OH is 1. The summed E-state index contributed by atoms with van der Waals surface area (Å²) in [5.74, 6) is 1.98. The number of alkyl carbamates (subject to hydrolysis) is 1. The molecule has 2 aliphatic rings. The smallest absolute Gasteiger partial charge is 0.406 e. The first-order valence-electron chi connectivity index (χ1n) is 14.9. The van der Waals surface area contributed by atoms with Gasteiger partial charge in [-0.25, -0.2) is 19.7 Å². The summed E-state index contributed by atoms with van der Waals surface area (Å²) in [6.45, 7) is 8.92. The second-order valence-corrected chi connectivity index (χ2v) is 12.3. The number of pyridine rings is 1. The van der Waals surface area contributed by atoms with Crippen LogP contribution in [0.25, 0.3) is 11.3 Å². The lowest BCUT2D eigenvalue weighted by atomic mass is 9.96.